The second-order valence-corrected chi connectivity index (χ2v) is 9.41. The molecule has 1 aromatic carbocycles. The fourth-order valence-corrected chi connectivity index (χ4v) is 4.56. The van der Waals surface area contributed by atoms with Crippen LogP contribution in [0.25, 0.3) is 0 Å². The van der Waals surface area contributed by atoms with E-state index >= 15 is 0 Å². The van der Waals surface area contributed by atoms with E-state index in [2.05, 4.69) is 20.5 Å². The number of morpholine rings is 1. The van der Waals surface area contributed by atoms with Gasteiger partial charge in [0.2, 0.25) is 11.9 Å². The van der Waals surface area contributed by atoms with Crippen molar-refractivity contribution in [2.24, 2.45) is 10.7 Å². The zero-order valence-corrected chi connectivity index (χ0v) is 19.6. The number of likely N-dealkylation sites (tertiary alicyclic amines) is 1. The molecule has 2 amide bonds. The van der Waals surface area contributed by atoms with Crippen molar-refractivity contribution in [3.63, 3.8) is 0 Å². The second kappa shape index (κ2) is 9.54. The van der Waals surface area contributed by atoms with Crippen LogP contribution in [0.15, 0.2) is 40.7 Å². The van der Waals surface area contributed by atoms with Gasteiger partial charge in [0.1, 0.15) is 5.82 Å². The highest BCUT2D eigenvalue weighted by Crippen LogP contribution is 2.25. The summed E-state index contributed by atoms with van der Waals surface area (Å²) in [6, 6.07) is 8.46. The Bertz CT molecular complexity index is 996. The third kappa shape index (κ3) is 4.96. The number of primary amides is 1. The first-order valence-corrected chi connectivity index (χ1v) is 12.1. The maximum Gasteiger partial charge on any atom is 0.253 e. The number of guanidine groups is 1. The number of nitrogens with one attached hydrogen (secondary N) is 2. The van der Waals surface area contributed by atoms with Crippen LogP contribution in [0.1, 0.15) is 25.7 Å². The van der Waals surface area contributed by atoms with Gasteiger partial charge in [0.25, 0.3) is 5.91 Å². The van der Waals surface area contributed by atoms with Gasteiger partial charge in [-0.1, -0.05) is 0 Å². The molecule has 3 aliphatic heterocycles. The Morgan fingerprint density at radius 1 is 1.12 bits per heavy atom. The first kappa shape index (κ1) is 22.5. The summed E-state index contributed by atoms with van der Waals surface area (Å²) < 4.78 is 5.80. The van der Waals surface area contributed by atoms with Gasteiger partial charge in [-0.2, -0.15) is 4.99 Å². The van der Waals surface area contributed by atoms with Gasteiger partial charge in [0.05, 0.1) is 25.3 Å². The van der Waals surface area contributed by atoms with Crippen molar-refractivity contribution in [2.45, 2.75) is 37.8 Å². The van der Waals surface area contributed by atoms with E-state index in [4.69, 9.17) is 10.5 Å². The molecule has 0 bridgehead atoms. The normalized spacial score (nSPS) is 23.1. The van der Waals surface area contributed by atoms with E-state index in [0.717, 1.165) is 56.7 Å². The summed E-state index contributed by atoms with van der Waals surface area (Å²) >= 11 is 0. The molecular weight excluding hydrogens is 434 g/mol. The zero-order valence-electron chi connectivity index (χ0n) is 19.6. The monoisotopic (exact) mass is 467 g/mol. The first-order chi connectivity index (χ1) is 16.5. The van der Waals surface area contributed by atoms with Crippen LogP contribution in [0.4, 0.5) is 11.4 Å². The van der Waals surface area contributed by atoms with Crippen molar-refractivity contribution in [1.29, 1.82) is 0 Å². The highest BCUT2D eigenvalue weighted by atomic mass is 16.5. The molecule has 4 N–H and O–H groups in total. The smallest absolute Gasteiger partial charge is 0.253 e. The lowest BCUT2D eigenvalue weighted by Gasteiger charge is -2.35. The fraction of sp³-hybridized carbons (Fsp3) is 0.542. The number of rotatable bonds is 6. The van der Waals surface area contributed by atoms with Crippen LogP contribution >= 0.6 is 0 Å². The summed E-state index contributed by atoms with van der Waals surface area (Å²) in [5.74, 6) is 0.879. The van der Waals surface area contributed by atoms with E-state index in [1.807, 2.05) is 41.1 Å². The van der Waals surface area contributed by atoms with Gasteiger partial charge in [0, 0.05) is 44.1 Å². The molecule has 1 saturated carbocycles. The zero-order chi connectivity index (χ0) is 23.7. The number of hydrogen-bond donors (Lipinski definition) is 3. The third-order valence-electron chi connectivity index (χ3n) is 6.72. The Hall–Kier alpha value is -3.27. The fourth-order valence-electron chi connectivity index (χ4n) is 4.56. The molecule has 3 heterocycles. The Kier molecular flexibility index (Phi) is 6.32. The van der Waals surface area contributed by atoms with Crippen LogP contribution in [0.3, 0.4) is 0 Å². The number of ether oxygens (including phenoxy) is 1. The minimum atomic E-state index is -0.450. The van der Waals surface area contributed by atoms with E-state index in [0.29, 0.717) is 43.1 Å². The summed E-state index contributed by atoms with van der Waals surface area (Å²) in [6.07, 6.45) is 3.91. The van der Waals surface area contributed by atoms with E-state index in [1.54, 1.807) is 0 Å². The SMILES string of the molecule is CN1CC(C(N)=O)=C(NC2CC2)N=C1Nc1ccc(N2CCOC(C(=O)N3CCCC3)C2)cc1. The molecule has 1 atom stereocenters. The number of carbonyl (C=O) groups excluding carboxylic acids is 2. The molecule has 1 aromatic rings. The number of carbonyl (C=O) groups is 2. The number of amides is 2. The minimum Gasteiger partial charge on any atom is -0.367 e. The predicted octanol–water partition coefficient (Wildman–Crippen LogP) is 0.676. The van der Waals surface area contributed by atoms with Crippen molar-refractivity contribution >= 4 is 29.1 Å². The largest absolute Gasteiger partial charge is 0.367 e. The lowest BCUT2D eigenvalue weighted by molar-refractivity contribution is -0.143. The Morgan fingerprint density at radius 3 is 2.53 bits per heavy atom. The van der Waals surface area contributed by atoms with Gasteiger partial charge in [-0.15, -0.1) is 0 Å². The van der Waals surface area contributed by atoms with Crippen LogP contribution in [-0.2, 0) is 14.3 Å². The van der Waals surface area contributed by atoms with E-state index in [-0.39, 0.29) is 5.91 Å². The van der Waals surface area contributed by atoms with E-state index in [1.165, 1.54) is 0 Å². The van der Waals surface area contributed by atoms with Gasteiger partial charge in [0.15, 0.2) is 6.10 Å². The van der Waals surface area contributed by atoms with Crippen LogP contribution in [0, 0.1) is 0 Å². The van der Waals surface area contributed by atoms with Crippen molar-refractivity contribution in [3.8, 4) is 0 Å². The van der Waals surface area contributed by atoms with E-state index < -0.39 is 12.0 Å². The summed E-state index contributed by atoms with van der Waals surface area (Å²) in [6.45, 7) is 3.93. The van der Waals surface area contributed by atoms with Gasteiger partial charge >= 0.3 is 0 Å². The molecular formula is C24H33N7O3. The molecule has 10 nitrogen and oxygen atoms in total. The van der Waals surface area contributed by atoms with Gasteiger partial charge in [-0.05, 0) is 49.9 Å². The Morgan fingerprint density at radius 2 is 1.85 bits per heavy atom. The predicted molar refractivity (Wildman–Crippen MR) is 130 cm³/mol. The molecule has 2 saturated heterocycles. The molecule has 1 unspecified atom stereocenters. The molecule has 5 rings (SSSR count). The maximum atomic E-state index is 12.8. The molecule has 0 radical (unpaired) electrons. The van der Waals surface area contributed by atoms with Crippen molar-refractivity contribution < 1.29 is 14.3 Å². The quantitative estimate of drug-likeness (QED) is 0.563. The average Bonchev–Trinajstić information content (AvgIpc) is 3.49. The molecule has 0 spiro atoms. The van der Waals surface area contributed by atoms with Gasteiger partial charge in [-0.3, -0.25) is 9.59 Å². The number of benzene rings is 1. The first-order valence-electron chi connectivity index (χ1n) is 12.1. The molecule has 182 valence electrons. The molecule has 10 heteroatoms. The third-order valence-corrected chi connectivity index (χ3v) is 6.72. The second-order valence-electron chi connectivity index (χ2n) is 9.41. The van der Waals surface area contributed by atoms with Crippen molar-refractivity contribution in [2.75, 3.05) is 56.6 Å². The highest BCUT2D eigenvalue weighted by molar-refractivity contribution is 6.00. The Labute approximate surface area is 199 Å². The van der Waals surface area contributed by atoms with Crippen LogP contribution in [0.2, 0.25) is 0 Å². The lowest BCUT2D eigenvalue weighted by atomic mass is 10.2. The van der Waals surface area contributed by atoms with Crippen LogP contribution < -0.4 is 21.3 Å². The summed E-state index contributed by atoms with van der Waals surface area (Å²) in [5.41, 5.74) is 8.02. The minimum absolute atomic E-state index is 0.109. The number of anilines is 2. The van der Waals surface area contributed by atoms with E-state index in [9.17, 15) is 9.59 Å². The molecule has 4 aliphatic rings. The van der Waals surface area contributed by atoms with Gasteiger partial charge < -0.3 is 35.8 Å². The molecule has 0 aromatic heterocycles. The Balaban J connectivity index is 1.25. The number of likely N-dealkylation sites (N-methyl/N-ethyl adjacent to an activating group) is 1. The summed E-state index contributed by atoms with van der Waals surface area (Å²) in [7, 11) is 1.88. The van der Waals surface area contributed by atoms with Crippen molar-refractivity contribution in [1.82, 2.24) is 15.1 Å². The standard InChI is InChI=1S/C24H33N7O3/c1-29-14-19(21(25)32)22(26-16-4-5-16)28-24(29)27-17-6-8-18(9-7-17)31-12-13-34-20(15-31)23(33)30-10-2-3-11-30/h6-9,16,20,26H,2-5,10-15H2,1H3,(H2,25,32)(H,27,28). The van der Waals surface area contributed by atoms with Crippen LogP contribution in [-0.4, -0.2) is 86.1 Å². The van der Waals surface area contributed by atoms with Gasteiger partial charge in [-0.25, -0.2) is 0 Å². The molecule has 1 aliphatic carbocycles. The van der Waals surface area contributed by atoms with Crippen molar-refractivity contribution in [3.05, 3.63) is 35.7 Å². The summed E-state index contributed by atoms with van der Waals surface area (Å²) in [4.78, 5) is 35.3. The number of nitrogens with two attached hydrogens (primary N) is 1. The molecule has 34 heavy (non-hydrogen) atoms. The topological polar surface area (TPSA) is 116 Å². The highest BCUT2D eigenvalue weighted by Gasteiger charge is 2.32. The van der Waals surface area contributed by atoms with Crippen LogP contribution in [0.5, 0.6) is 0 Å². The number of nitrogens with zero attached hydrogens (tertiary/aromatic N) is 4. The number of aliphatic imine (C=N–C) groups is 1. The maximum absolute atomic E-state index is 12.8. The molecule has 3 fully saturated rings. The summed E-state index contributed by atoms with van der Waals surface area (Å²) in [5, 5.41) is 6.67. The number of hydrogen-bond acceptors (Lipinski definition) is 8. The average molecular weight is 468 g/mol. The lowest BCUT2D eigenvalue weighted by Crippen LogP contribution is -2.50.